The van der Waals surface area contributed by atoms with Crippen molar-refractivity contribution in [2.75, 3.05) is 51.1 Å². The molecule has 3 saturated heterocycles. The van der Waals surface area contributed by atoms with Crippen LogP contribution in [0.2, 0.25) is 0 Å². The monoisotopic (exact) mass is 260 g/mol. The minimum absolute atomic E-state index is 0.154. The Bertz CT molecular complexity index is 464. The number of carbonyl (C=O) groups excluding carboxylic acids is 1. The topological polar surface area (TPSA) is 32.3 Å². The van der Waals surface area contributed by atoms with Crippen LogP contribution < -0.4 is 5.32 Å². The SMILES string of the molecule is Cc1cccc(NC(=O)C[N+]23CCN(CC2)CC3)c1. The van der Waals surface area contributed by atoms with Crippen LogP contribution in [0.3, 0.4) is 0 Å². The lowest BCUT2D eigenvalue weighted by Gasteiger charge is -2.50. The molecule has 3 fully saturated rings. The van der Waals surface area contributed by atoms with Crippen molar-refractivity contribution < 1.29 is 9.28 Å². The van der Waals surface area contributed by atoms with Gasteiger partial charge in [-0.2, -0.15) is 0 Å². The van der Waals surface area contributed by atoms with Crippen LogP contribution in [-0.2, 0) is 4.79 Å². The fourth-order valence-electron chi connectivity index (χ4n) is 3.20. The number of piperazine rings is 3. The minimum atomic E-state index is 0.154. The van der Waals surface area contributed by atoms with Crippen LogP contribution >= 0.6 is 0 Å². The molecule has 102 valence electrons. The molecule has 19 heavy (non-hydrogen) atoms. The van der Waals surface area contributed by atoms with Crippen LogP contribution in [0, 0.1) is 6.92 Å². The third-order valence-electron chi connectivity index (χ3n) is 4.45. The average Bonchev–Trinajstić information content (AvgIpc) is 2.40. The first-order valence-corrected chi connectivity index (χ1v) is 7.09. The van der Waals surface area contributed by atoms with Gasteiger partial charge in [-0.05, 0) is 24.6 Å². The molecule has 1 aromatic carbocycles. The molecule has 0 atom stereocenters. The number of quaternary nitrogens is 1. The van der Waals surface area contributed by atoms with Crippen LogP contribution in [0.4, 0.5) is 5.69 Å². The highest BCUT2D eigenvalue weighted by molar-refractivity contribution is 5.91. The molecule has 0 aliphatic carbocycles. The molecule has 0 aromatic heterocycles. The van der Waals surface area contributed by atoms with Gasteiger partial charge in [-0.3, -0.25) is 9.69 Å². The van der Waals surface area contributed by atoms with Crippen LogP contribution in [0.5, 0.6) is 0 Å². The molecule has 3 aliphatic rings. The van der Waals surface area contributed by atoms with E-state index in [2.05, 4.69) is 10.2 Å². The minimum Gasteiger partial charge on any atom is -0.321 e. The highest BCUT2D eigenvalue weighted by atomic mass is 16.2. The molecule has 4 heteroatoms. The van der Waals surface area contributed by atoms with E-state index in [9.17, 15) is 4.79 Å². The summed E-state index contributed by atoms with van der Waals surface area (Å²) in [4.78, 5) is 14.7. The molecular formula is C15H22N3O+. The lowest BCUT2D eigenvalue weighted by Crippen LogP contribution is -2.68. The molecule has 0 saturated carbocycles. The van der Waals surface area contributed by atoms with E-state index in [1.165, 1.54) is 5.56 Å². The fraction of sp³-hybridized carbons (Fsp3) is 0.533. The second-order valence-corrected chi connectivity index (χ2v) is 5.93. The molecule has 4 nitrogen and oxygen atoms in total. The molecule has 1 aromatic rings. The number of anilines is 1. The van der Waals surface area contributed by atoms with Gasteiger partial charge >= 0.3 is 0 Å². The lowest BCUT2D eigenvalue weighted by atomic mass is 10.1. The number of nitrogens with zero attached hydrogens (tertiary/aromatic N) is 2. The molecular weight excluding hydrogens is 238 g/mol. The second-order valence-electron chi connectivity index (χ2n) is 5.93. The number of benzene rings is 1. The van der Waals surface area contributed by atoms with E-state index in [4.69, 9.17) is 0 Å². The number of fused-ring (bicyclic) bond motifs is 3. The predicted octanol–water partition coefficient (Wildman–Crippen LogP) is 1.08. The van der Waals surface area contributed by atoms with Crippen LogP contribution in [0.25, 0.3) is 0 Å². The average molecular weight is 260 g/mol. The normalized spacial score (nSPS) is 29.2. The number of rotatable bonds is 3. The number of hydrogen-bond donors (Lipinski definition) is 1. The molecule has 0 spiro atoms. The van der Waals surface area contributed by atoms with E-state index < -0.39 is 0 Å². The maximum Gasteiger partial charge on any atom is 0.279 e. The molecule has 3 heterocycles. The summed E-state index contributed by atoms with van der Waals surface area (Å²) in [6, 6.07) is 8.00. The molecule has 1 N–H and O–H groups in total. The van der Waals surface area contributed by atoms with Crippen molar-refractivity contribution in [3.05, 3.63) is 29.8 Å². The standard InChI is InChI=1S/C15H21N3O/c1-13-3-2-4-14(11-13)16-15(19)12-18-8-5-17(6-9-18)7-10-18/h2-4,11H,5-10,12H2,1H3/p+1. The Balaban J connectivity index is 1.62. The van der Waals surface area contributed by atoms with E-state index in [1.807, 2.05) is 31.2 Å². The highest BCUT2D eigenvalue weighted by Crippen LogP contribution is 2.19. The van der Waals surface area contributed by atoms with Gasteiger partial charge in [-0.1, -0.05) is 12.1 Å². The molecule has 0 radical (unpaired) electrons. The van der Waals surface area contributed by atoms with Gasteiger partial charge in [0.1, 0.15) is 0 Å². The van der Waals surface area contributed by atoms with E-state index >= 15 is 0 Å². The van der Waals surface area contributed by atoms with Gasteiger partial charge in [-0.15, -0.1) is 0 Å². The first-order chi connectivity index (χ1) is 9.15. The molecule has 0 unspecified atom stereocenters. The molecule has 3 aliphatic heterocycles. The Morgan fingerprint density at radius 1 is 1.26 bits per heavy atom. The lowest BCUT2D eigenvalue weighted by molar-refractivity contribution is -0.933. The first kappa shape index (κ1) is 12.6. The van der Waals surface area contributed by atoms with Gasteiger partial charge in [0.2, 0.25) is 0 Å². The summed E-state index contributed by atoms with van der Waals surface area (Å²) in [6.45, 7) is 9.50. The maximum atomic E-state index is 12.2. The quantitative estimate of drug-likeness (QED) is 0.825. The van der Waals surface area contributed by atoms with Crippen LogP contribution in [0.15, 0.2) is 24.3 Å². The number of hydrogen-bond acceptors (Lipinski definition) is 2. The van der Waals surface area contributed by atoms with Gasteiger partial charge in [0.25, 0.3) is 5.91 Å². The fourth-order valence-corrected chi connectivity index (χ4v) is 3.20. The van der Waals surface area contributed by atoms with Gasteiger partial charge in [-0.25, -0.2) is 0 Å². The van der Waals surface area contributed by atoms with Crippen molar-refractivity contribution >= 4 is 11.6 Å². The maximum absolute atomic E-state index is 12.2. The molecule has 2 bridgehead atoms. The van der Waals surface area contributed by atoms with Crippen LogP contribution in [0.1, 0.15) is 5.56 Å². The highest BCUT2D eigenvalue weighted by Gasteiger charge is 2.39. The van der Waals surface area contributed by atoms with Crippen molar-refractivity contribution in [2.24, 2.45) is 0 Å². The summed E-state index contributed by atoms with van der Waals surface area (Å²) in [5.74, 6) is 0.154. The Kier molecular flexibility index (Phi) is 3.29. The summed E-state index contributed by atoms with van der Waals surface area (Å²) in [5.41, 5.74) is 2.09. The van der Waals surface area contributed by atoms with E-state index in [1.54, 1.807) is 0 Å². The Hall–Kier alpha value is -1.39. The predicted molar refractivity (Wildman–Crippen MR) is 76.0 cm³/mol. The van der Waals surface area contributed by atoms with Crippen molar-refractivity contribution in [1.29, 1.82) is 0 Å². The summed E-state index contributed by atoms with van der Waals surface area (Å²) in [5, 5.41) is 3.04. The second kappa shape index (κ2) is 4.94. The third-order valence-corrected chi connectivity index (χ3v) is 4.45. The molecule has 1 amide bonds. The summed E-state index contributed by atoms with van der Waals surface area (Å²) >= 11 is 0. The van der Waals surface area contributed by atoms with E-state index in [0.717, 1.165) is 49.4 Å². The Morgan fingerprint density at radius 3 is 2.58 bits per heavy atom. The summed E-state index contributed by atoms with van der Waals surface area (Å²) < 4.78 is 0.980. The zero-order valence-electron chi connectivity index (χ0n) is 11.6. The van der Waals surface area contributed by atoms with E-state index in [-0.39, 0.29) is 5.91 Å². The number of aryl methyl sites for hydroxylation is 1. The van der Waals surface area contributed by atoms with Crippen LogP contribution in [-0.4, -0.2) is 61.1 Å². The van der Waals surface area contributed by atoms with Gasteiger partial charge in [0.05, 0.1) is 19.6 Å². The van der Waals surface area contributed by atoms with Gasteiger partial charge < -0.3 is 9.80 Å². The smallest absolute Gasteiger partial charge is 0.279 e. The summed E-state index contributed by atoms with van der Waals surface area (Å²) in [6.07, 6.45) is 0. The van der Waals surface area contributed by atoms with Crippen molar-refractivity contribution in [3.63, 3.8) is 0 Å². The zero-order valence-corrected chi connectivity index (χ0v) is 11.6. The zero-order chi connectivity index (χ0) is 13.3. The van der Waals surface area contributed by atoms with Gasteiger partial charge in [0.15, 0.2) is 6.54 Å². The number of amides is 1. The molecule has 4 rings (SSSR count). The largest absolute Gasteiger partial charge is 0.321 e. The third kappa shape index (κ3) is 2.80. The van der Waals surface area contributed by atoms with E-state index in [0.29, 0.717) is 6.54 Å². The number of carbonyl (C=O) groups is 1. The Labute approximate surface area is 114 Å². The van der Waals surface area contributed by atoms with Crippen molar-refractivity contribution in [2.45, 2.75) is 6.92 Å². The number of nitrogens with one attached hydrogen (secondary N) is 1. The van der Waals surface area contributed by atoms with Crippen molar-refractivity contribution in [3.8, 4) is 0 Å². The van der Waals surface area contributed by atoms with Crippen molar-refractivity contribution in [1.82, 2.24) is 4.90 Å². The first-order valence-electron chi connectivity index (χ1n) is 7.09. The Morgan fingerprint density at radius 2 is 1.95 bits per heavy atom. The summed E-state index contributed by atoms with van der Waals surface area (Å²) in [7, 11) is 0. The van der Waals surface area contributed by atoms with Gasteiger partial charge in [0, 0.05) is 25.3 Å².